The van der Waals surface area contributed by atoms with Crippen molar-refractivity contribution in [2.45, 2.75) is 45.2 Å². The molecule has 2 saturated heterocycles. The largest absolute Gasteiger partial charge is 0.331 e. The molecule has 3 aliphatic rings. The van der Waals surface area contributed by atoms with Crippen LogP contribution in [0.4, 0.5) is 4.39 Å². The highest BCUT2D eigenvalue weighted by atomic mass is 19.1. The highest BCUT2D eigenvalue weighted by Gasteiger charge is 2.44. The van der Waals surface area contributed by atoms with Gasteiger partial charge in [0.1, 0.15) is 6.04 Å². The van der Waals surface area contributed by atoms with Gasteiger partial charge in [0.2, 0.25) is 5.91 Å². The molecule has 0 radical (unpaired) electrons. The Kier molecular flexibility index (Phi) is 4.14. The summed E-state index contributed by atoms with van der Waals surface area (Å²) in [6.45, 7) is 5.64. The lowest BCUT2D eigenvalue weighted by Gasteiger charge is -2.45. The van der Waals surface area contributed by atoms with E-state index in [0.29, 0.717) is 19.5 Å². The van der Waals surface area contributed by atoms with E-state index in [0.717, 1.165) is 13.0 Å². The van der Waals surface area contributed by atoms with Gasteiger partial charge < -0.3 is 4.90 Å². The van der Waals surface area contributed by atoms with E-state index >= 15 is 0 Å². The number of hydrogen-bond acceptors (Lipinski definition) is 3. The Hall–Kier alpha value is -1.75. The van der Waals surface area contributed by atoms with Crippen molar-refractivity contribution in [2.24, 2.45) is 5.92 Å². The molecule has 0 aliphatic carbocycles. The topological polar surface area (TPSA) is 40.6 Å². The third-order valence-corrected chi connectivity index (χ3v) is 6.23. The van der Waals surface area contributed by atoms with Crippen LogP contribution in [0.5, 0.6) is 0 Å². The van der Waals surface area contributed by atoms with Crippen molar-refractivity contribution in [2.75, 3.05) is 26.3 Å². The summed E-state index contributed by atoms with van der Waals surface area (Å²) in [6, 6.07) is 4.22. The molecule has 4 nitrogen and oxygen atoms in total. The van der Waals surface area contributed by atoms with E-state index in [1.807, 2.05) is 0 Å². The highest BCUT2D eigenvalue weighted by Crippen LogP contribution is 2.38. The second-order valence-electron chi connectivity index (χ2n) is 7.85. The number of fused-ring (bicyclic) bond motifs is 3. The molecule has 0 bridgehead atoms. The first kappa shape index (κ1) is 16.7. The predicted octanol–water partition coefficient (Wildman–Crippen LogP) is 2.36. The van der Waals surface area contributed by atoms with Crippen LogP contribution in [0, 0.1) is 19.8 Å². The van der Waals surface area contributed by atoms with Crippen LogP contribution in [0.15, 0.2) is 12.1 Å². The minimum absolute atomic E-state index is 0.0664. The molecule has 3 aliphatic heterocycles. The van der Waals surface area contributed by atoms with Crippen LogP contribution in [0.1, 0.15) is 41.1 Å². The van der Waals surface area contributed by atoms with Gasteiger partial charge in [0.15, 0.2) is 5.78 Å². The number of carbonyl (C=O) groups excluding carboxylic acids is 2. The Balaban J connectivity index is 1.58. The molecular weight excluding hydrogens is 319 g/mol. The molecule has 0 N–H and O–H groups in total. The van der Waals surface area contributed by atoms with E-state index in [-0.39, 0.29) is 30.1 Å². The van der Waals surface area contributed by atoms with Crippen molar-refractivity contribution in [3.63, 3.8) is 0 Å². The first-order valence-electron chi connectivity index (χ1n) is 9.20. The average Bonchev–Trinajstić information content (AvgIpc) is 2.96. The summed E-state index contributed by atoms with van der Waals surface area (Å²) in [6.07, 6.45) is 1.67. The maximum Gasteiger partial charge on any atom is 0.223 e. The molecule has 25 heavy (non-hydrogen) atoms. The van der Waals surface area contributed by atoms with Gasteiger partial charge in [0.05, 0.1) is 6.67 Å². The fraction of sp³-hybridized carbons (Fsp3) is 0.600. The number of carbonyl (C=O) groups is 2. The number of ketones is 1. The van der Waals surface area contributed by atoms with Crippen molar-refractivity contribution in [3.05, 3.63) is 34.4 Å². The fourth-order valence-electron chi connectivity index (χ4n) is 4.64. The van der Waals surface area contributed by atoms with Gasteiger partial charge in [-0.3, -0.25) is 18.9 Å². The normalized spacial score (nSPS) is 29.7. The number of rotatable bonds is 2. The number of piperidine rings is 1. The number of aryl methyl sites for hydroxylation is 2. The van der Waals surface area contributed by atoms with E-state index in [9.17, 15) is 14.0 Å². The van der Waals surface area contributed by atoms with Gasteiger partial charge in [0, 0.05) is 44.4 Å². The summed E-state index contributed by atoms with van der Waals surface area (Å²) >= 11 is 0. The van der Waals surface area contributed by atoms with Crippen LogP contribution in [0.25, 0.3) is 0 Å². The molecule has 4 rings (SSSR count). The monoisotopic (exact) mass is 344 g/mol. The zero-order chi connectivity index (χ0) is 17.7. The number of benzene rings is 1. The lowest BCUT2D eigenvalue weighted by Crippen LogP contribution is -2.56. The van der Waals surface area contributed by atoms with Gasteiger partial charge in [-0.2, -0.15) is 0 Å². The van der Waals surface area contributed by atoms with Crippen molar-refractivity contribution < 1.29 is 14.0 Å². The smallest absolute Gasteiger partial charge is 0.223 e. The molecule has 2 fully saturated rings. The molecular formula is C20H25FN2O2. The van der Waals surface area contributed by atoms with E-state index in [2.05, 4.69) is 30.9 Å². The van der Waals surface area contributed by atoms with Crippen LogP contribution < -0.4 is 0 Å². The molecule has 1 aromatic carbocycles. The third-order valence-electron chi connectivity index (χ3n) is 6.23. The van der Waals surface area contributed by atoms with Crippen LogP contribution in [-0.4, -0.2) is 53.8 Å². The zero-order valence-electron chi connectivity index (χ0n) is 14.9. The van der Waals surface area contributed by atoms with Crippen molar-refractivity contribution in [1.29, 1.82) is 0 Å². The van der Waals surface area contributed by atoms with Crippen molar-refractivity contribution in [1.82, 2.24) is 9.80 Å². The average molecular weight is 344 g/mol. The summed E-state index contributed by atoms with van der Waals surface area (Å²) in [5.74, 6) is -0.186. The molecule has 3 atom stereocenters. The lowest BCUT2D eigenvalue weighted by molar-refractivity contribution is -0.140. The Bertz CT molecular complexity index is 733. The van der Waals surface area contributed by atoms with Crippen LogP contribution >= 0.6 is 0 Å². The van der Waals surface area contributed by atoms with Gasteiger partial charge in [-0.05, 0) is 42.5 Å². The first-order valence-corrected chi connectivity index (χ1v) is 9.20. The highest BCUT2D eigenvalue weighted by molar-refractivity contribution is 5.91. The summed E-state index contributed by atoms with van der Waals surface area (Å²) < 4.78 is 12.9. The molecule has 1 amide bonds. The van der Waals surface area contributed by atoms with Gasteiger partial charge in [-0.25, -0.2) is 0 Å². The SMILES string of the molecule is Cc1cc2c(cc1C)[C@@H]1CC(=O)[C@@H](N3C[C@@H](CF)CC3=O)CN1CC2. The standard InChI is InChI=1S/C20H25FN2O2/c1-12-5-15-3-4-22-11-18(23-10-14(9-21)7-20(23)25)19(24)8-17(22)16(15)6-13(12)2/h5-6,14,17-18H,3-4,7-11H2,1-2H3/t14-,17+,18+/m1/s1. The number of alkyl halides is 1. The summed E-state index contributed by atoms with van der Waals surface area (Å²) in [7, 11) is 0. The minimum atomic E-state index is -0.485. The van der Waals surface area contributed by atoms with E-state index in [1.54, 1.807) is 4.90 Å². The maximum absolute atomic E-state index is 12.9. The van der Waals surface area contributed by atoms with Gasteiger partial charge in [0.25, 0.3) is 0 Å². The van der Waals surface area contributed by atoms with Crippen molar-refractivity contribution >= 4 is 11.7 Å². The Morgan fingerprint density at radius 3 is 2.56 bits per heavy atom. The molecule has 0 spiro atoms. The van der Waals surface area contributed by atoms with Gasteiger partial charge >= 0.3 is 0 Å². The predicted molar refractivity (Wildman–Crippen MR) is 93.1 cm³/mol. The Morgan fingerprint density at radius 2 is 1.84 bits per heavy atom. The summed E-state index contributed by atoms with van der Waals surface area (Å²) in [4.78, 5) is 29.0. The van der Waals surface area contributed by atoms with Crippen LogP contribution in [-0.2, 0) is 16.0 Å². The molecule has 1 aromatic rings. The second-order valence-corrected chi connectivity index (χ2v) is 7.85. The third kappa shape index (κ3) is 2.78. The molecule has 0 saturated carbocycles. The molecule has 0 unspecified atom stereocenters. The Labute approximate surface area is 148 Å². The number of likely N-dealkylation sites (tertiary alicyclic amines) is 1. The van der Waals surface area contributed by atoms with Gasteiger partial charge in [-0.15, -0.1) is 0 Å². The lowest BCUT2D eigenvalue weighted by atomic mass is 9.83. The Morgan fingerprint density at radius 1 is 1.08 bits per heavy atom. The maximum atomic E-state index is 12.9. The van der Waals surface area contributed by atoms with Gasteiger partial charge in [-0.1, -0.05) is 12.1 Å². The fourth-order valence-corrected chi connectivity index (χ4v) is 4.64. The van der Waals surface area contributed by atoms with Crippen LogP contribution in [0.3, 0.4) is 0 Å². The van der Waals surface area contributed by atoms with Crippen LogP contribution in [0.2, 0.25) is 0 Å². The quantitative estimate of drug-likeness (QED) is 0.827. The number of nitrogens with zero attached hydrogens (tertiary/aromatic N) is 2. The molecule has 5 heteroatoms. The van der Waals surface area contributed by atoms with Crippen molar-refractivity contribution in [3.8, 4) is 0 Å². The number of halogens is 1. The number of hydrogen-bond donors (Lipinski definition) is 0. The second kappa shape index (κ2) is 6.20. The number of amides is 1. The molecule has 3 heterocycles. The molecule has 0 aromatic heterocycles. The molecule has 134 valence electrons. The first-order chi connectivity index (χ1) is 12.0. The summed E-state index contributed by atoms with van der Waals surface area (Å²) in [5.41, 5.74) is 5.18. The van der Waals surface area contributed by atoms with E-state index < -0.39 is 12.7 Å². The number of Topliss-reactive ketones (excluding diaryl/α,β-unsaturated/α-hetero) is 1. The van der Waals surface area contributed by atoms with E-state index in [4.69, 9.17) is 0 Å². The minimum Gasteiger partial charge on any atom is -0.331 e. The van der Waals surface area contributed by atoms with E-state index in [1.165, 1.54) is 22.3 Å². The zero-order valence-corrected chi connectivity index (χ0v) is 14.9. The summed E-state index contributed by atoms with van der Waals surface area (Å²) in [5, 5.41) is 0.